The molecule has 0 fully saturated rings. The predicted molar refractivity (Wildman–Crippen MR) is 76.6 cm³/mol. The number of nitrogens with zero attached hydrogens (tertiary/aromatic N) is 3. The summed E-state index contributed by atoms with van der Waals surface area (Å²) in [5.74, 6) is -0.203. The van der Waals surface area contributed by atoms with Crippen LogP contribution in [0.1, 0.15) is 10.6 Å². The molecule has 0 aliphatic heterocycles. The second-order valence-electron chi connectivity index (χ2n) is 4.32. The Labute approximate surface area is 118 Å². The van der Waals surface area contributed by atoms with Crippen LogP contribution in [-0.4, -0.2) is 20.2 Å². The normalized spacial score (nSPS) is 10.8. The molecule has 0 aliphatic rings. The quantitative estimate of drug-likeness (QED) is 0.775. The Hall–Kier alpha value is -2.28. The van der Waals surface area contributed by atoms with Crippen molar-refractivity contribution < 1.29 is 4.39 Å². The van der Waals surface area contributed by atoms with E-state index in [4.69, 9.17) is 0 Å². The van der Waals surface area contributed by atoms with E-state index in [1.165, 1.54) is 17.4 Å². The van der Waals surface area contributed by atoms with Gasteiger partial charge in [-0.3, -0.25) is 5.10 Å². The molecule has 0 amide bonds. The zero-order valence-electron chi connectivity index (χ0n) is 10.9. The van der Waals surface area contributed by atoms with Gasteiger partial charge < -0.3 is 5.32 Å². The van der Waals surface area contributed by atoms with Crippen LogP contribution in [0.15, 0.2) is 24.5 Å². The molecule has 0 spiro atoms. The minimum Gasteiger partial charge on any atom is -0.314 e. The lowest BCUT2D eigenvalue weighted by molar-refractivity contribution is 0.625. The maximum Gasteiger partial charge on any atom is 0.189 e. The van der Waals surface area contributed by atoms with Crippen LogP contribution in [0.25, 0.3) is 11.3 Å². The van der Waals surface area contributed by atoms with Gasteiger partial charge in [-0.05, 0) is 26.0 Å². The van der Waals surface area contributed by atoms with Gasteiger partial charge in [0.15, 0.2) is 16.8 Å². The molecule has 5 nitrogen and oxygen atoms in total. The third-order valence-corrected chi connectivity index (χ3v) is 3.67. The van der Waals surface area contributed by atoms with Gasteiger partial charge in [-0.25, -0.2) is 14.4 Å². The van der Waals surface area contributed by atoms with E-state index in [1.54, 1.807) is 18.5 Å². The Morgan fingerprint density at radius 3 is 2.85 bits per heavy atom. The molecular formula is C13H12FN5S. The lowest BCUT2D eigenvalue weighted by Crippen LogP contribution is -1.97. The Bertz CT molecular complexity index is 735. The van der Waals surface area contributed by atoms with Gasteiger partial charge in [-0.1, -0.05) is 0 Å². The zero-order valence-corrected chi connectivity index (χ0v) is 11.8. The molecule has 0 atom stereocenters. The average molecular weight is 289 g/mol. The molecule has 3 aromatic heterocycles. The van der Waals surface area contributed by atoms with Gasteiger partial charge >= 0.3 is 0 Å². The van der Waals surface area contributed by atoms with E-state index < -0.39 is 5.82 Å². The number of hydrogen-bond acceptors (Lipinski definition) is 5. The van der Waals surface area contributed by atoms with E-state index in [2.05, 4.69) is 25.5 Å². The zero-order chi connectivity index (χ0) is 14.1. The first-order chi connectivity index (χ1) is 9.63. The number of hydrogen-bond donors (Lipinski definition) is 2. The van der Waals surface area contributed by atoms with Crippen molar-refractivity contribution in [2.45, 2.75) is 13.8 Å². The van der Waals surface area contributed by atoms with Gasteiger partial charge in [0.2, 0.25) is 0 Å². The van der Waals surface area contributed by atoms with E-state index in [1.807, 2.05) is 13.8 Å². The summed E-state index contributed by atoms with van der Waals surface area (Å²) < 4.78 is 13.7. The first-order valence-electron chi connectivity index (χ1n) is 6.00. The fourth-order valence-electron chi connectivity index (χ4n) is 1.83. The van der Waals surface area contributed by atoms with Gasteiger partial charge in [0.05, 0.1) is 11.9 Å². The molecule has 3 rings (SSSR count). The predicted octanol–water partition coefficient (Wildman–Crippen LogP) is 3.43. The summed E-state index contributed by atoms with van der Waals surface area (Å²) >= 11 is 1.45. The second kappa shape index (κ2) is 5.01. The van der Waals surface area contributed by atoms with Gasteiger partial charge in [-0.15, -0.1) is 11.3 Å². The van der Waals surface area contributed by atoms with Crippen LogP contribution in [0.2, 0.25) is 0 Å². The van der Waals surface area contributed by atoms with Crippen molar-refractivity contribution in [1.29, 1.82) is 0 Å². The highest BCUT2D eigenvalue weighted by Gasteiger charge is 2.12. The van der Waals surface area contributed by atoms with Crippen LogP contribution < -0.4 is 5.32 Å². The highest BCUT2D eigenvalue weighted by Crippen LogP contribution is 2.31. The number of anilines is 2. The van der Waals surface area contributed by atoms with E-state index in [0.717, 1.165) is 21.8 Å². The largest absolute Gasteiger partial charge is 0.314 e. The van der Waals surface area contributed by atoms with Crippen molar-refractivity contribution >= 4 is 22.3 Å². The van der Waals surface area contributed by atoms with Gasteiger partial charge in [0.1, 0.15) is 0 Å². The number of aromatic amines is 1. The monoisotopic (exact) mass is 289 g/mol. The molecule has 3 aromatic rings. The summed E-state index contributed by atoms with van der Waals surface area (Å²) in [6, 6.07) is 3.02. The molecule has 2 N–H and O–H groups in total. The molecule has 0 aromatic carbocycles. The number of pyridine rings is 1. The highest BCUT2D eigenvalue weighted by molar-refractivity contribution is 7.16. The number of nitrogens with one attached hydrogen (secondary N) is 2. The van der Waals surface area contributed by atoms with Crippen molar-refractivity contribution in [2.24, 2.45) is 0 Å². The molecule has 102 valence electrons. The number of rotatable bonds is 3. The Morgan fingerprint density at radius 2 is 2.10 bits per heavy atom. The first-order valence-corrected chi connectivity index (χ1v) is 6.82. The van der Waals surface area contributed by atoms with E-state index in [9.17, 15) is 4.39 Å². The average Bonchev–Trinajstić information content (AvgIpc) is 3.03. The van der Waals surface area contributed by atoms with E-state index in [0.29, 0.717) is 5.13 Å². The van der Waals surface area contributed by atoms with Crippen LogP contribution in [-0.2, 0) is 0 Å². The maximum absolute atomic E-state index is 13.7. The van der Waals surface area contributed by atoms with Crippen LogP contribution in [0.5, 0.6) is 0 Å². The molecule has 0 saturated heterocycles. The van der Waals surface area contributed by atoms with Crippen LogP contribution in [0.4, 0.5) is 15.3 Å². The summed E-state index contributed by atoms with van der Waals surface area (Å²) in [4.78, 5) is 9.62. The lowest BCUT2D eigenvalue weighted by Gasteiger charge is -2.03. The molecule has 0 bridgehead atoms. The summed E-state index contributed by atoms with van der Waals surface area (Å²) in [5, 5.41) is 10.2. The third-order valence-electron chi connectivity index (χ3n) is 2.78. The van der Waals surface area contributed by atoms with Crippen molar-refractivity contribution in [2.75, 3.05) is 5.32 Å². The van der Waals surface area contributed by atoms with Crippen molar-refractivity contribution in [3.05, 3.63) is 40.9 Å². The maximum atomic E-state index is 13.7. The van der Waals surface area contributed by atoms with Crippen LogP contribution in [0, 0.1) is 19.7 Å². The Balaban J connectivity index is 1.92. The number of aryl methyl sites for hydroxylation is 2. The highest BCUT2D eigenvalue weighted by atomic mass is 32.1. The van der Waals surface area contributed by atoms with Crippen LogP contribution in [0.3, 0.4) is 0 Å². The Kier molecular flexibility index (Phi) is 3.19. The summed E-state index contributed by atoms with van der Waals surface area (Å²) in [5.41, 5.74) is 2.49. The van der Waals surface area contributed by atoms with Gasteiger partial charge in [0.25, 0.3) is 0 Å². The number of H-pyrrole nitrogens is 1. The number of thiazole rings is 1. The Morgan fingerprint density at radius 1 is 1.25 bits per heavy atom. The van der Waals surface area contributed by atoms with Crippen LogP contribution >= 0.6 is 11.3 Å². The van der Waals surface area contributed by atoms with Crippen molar-refractivity contribution in [3.63, 3.8) is 0 Å². The van der Waals surface area contributed by atoms with E-state index >= 15 is 0 Å². The number of aromatic nitrogens is 4. The SMILES string of the molecule is Cc1ccc(F)c(Nc2nc(-c3cn[nH]c3)c(C)s2)n1. The molecule has 0 unspecified atom stereocenters. The molecule has 0 radical (unpaired) electrons. The lowest BCUT2D eigenvalue weighted by atomic mass is 10.2. The molecule has 0 aliphatic carbocycles. The minimum atomic E-state index is -0.395. The molecule has 7 heteroatoms. The molecule has 0 saturated carbocycles. The summed E-state index contributed by atoms with van der Waals surface area (Å²) in [7, 11) is 0. The van der Waals surface area contributed by atoms with Crippen molar-refractivity contribution in [3.8, 4) is 11.3 Å². The third kappa shape index (κ3) is 2.39. The topological polar surface area (TPSA) is 66.5 Å². The first kappa shape index (κ1) is 12.7. The molecule has 3 heterocycles. The molecule has 20 heavy (non-hydrogen) atoms. The second-order valence-corrected chi connectivity index (χ2v) is 5.52. The van der Waals surface area contributed by atoms with Gasteiger partial charge in [-0.2, -0.15) is 5.10 Å². The minimum absolute atomic E-state index is 0.192. The molecular weight excluding hydrogens is 277 g/mol. The standard InChI is InChI=1S/C13H12FN5S/c1-7-3-4-10(14)12(17-7)19-13-18-11(8(2)20-13)9-5-15-16-6-9/h3-6H,1-2H3,(H,15,16)(H,17,18,19). The fraction of sp³-hybridized carbons (Fsp3) is 0.154. The van der Waals surface area contributed by atoms with Crippen molar-refractivity contribution in [1.82, 2.24) is 20.2 Å². The summed E-state index contributed by atoms with van der Waals surface area (Å²) in [6.45, 7) is 3.78. The number of halogens is 1. The van der Waals surface area contributed by atoms with E-state index in [-0.39, 0.29) is 5.82 Å². The summed E-state index contributed by atoms with van der Waals surface area (Å²) in [6.07, 6.45) is 3.48. The van der Waals surface area contributed by atoms with Gasteiger partial charge in [0, 0.05) is 22.3 Å². The smallest absolute Gasteiger partial charge is 0.189 e. The fourth-order valence-corrected chi connectivity index (χ4v) is 2.66.